The third kappa shape index (κ3) is 4.86. The van der Waals surface area contributed by atoms with Gasteiger partial charge in [-0.15, -0.1) is 0 Å². The minimum Gasteiger partial charge on any atom is -0.370 e. The number of benzene rings is 1. The summed E-state index contributed by atoms with van der Waals surface area (Å²) < 4.78 is 0. The van der Waals surface area contributed by atoms with Gasteiger partial charge in [0.1, 0.15) is 17.8 Å². The summed E-state index contributed by atoms with van der Waals surface area (Å²) in [7, 11) is 0. The topological polar surface area (TPSA) is 66.9 Å². The minimum atomic E-state index is -0.348. The van der Waals surface area contributed by atoms with E-state index in [1.165, 1.54) is 6.33 Å². The molecular weight excluding hydrogens is 323 g/mol. The summed E-state index contributed by atoms with van der Waals surface area (Å²) in [5.74, 6) is 0.275. The third-order valence-electron chi connectivity index (χ3n) is 2.86. The molecule has 0 aliphatic carbocycles. The molecule has 0 saturated heterocycles. The number of aromatic nitrogens is 2. The quantitative estimate of drug-likeness (QED) is 0.772. The number of hydrogen-bond acceptors (Lipinski definition) is 4. The van der Waals surface area contributed by atoms with Gasteiger partial charge >= 0.3 is 0 Å². The molecular formula is C15H16Cl2N4O. The van der Waals surface area contributed by atoms with E-state index in [9.17, 15) is 4.79 Å². The molecule has 5 nitrogen and oxygen atoms in total. The zero-order valence-electron chi connectivity index (χ0n) is 12.1. The van der Waals surface area contributed by atoms with Crippen LogP contribution in [0.1, 0.15) is 30.3 Å². The van der Waals surface area contributed by atoms with Crippen LogP contribution in [0.4, 0.5) is 11.5 Å². The smallest absolute Gasteiger partial charge is 0.274 e. The summed E-state index contributed by atoms with van der Waals surface area (Å²) in [6.45, 7) is 2.91. The van der Waals surface area contributed by atoms with Crippen molar-refractivity contribution >= 4 is 40.6 Å². The fraction of sp³-hybridized carbons (Fsp3) is 0.267. The summed E-state index contributed by atoms with van der Waals surface area (Å²) in [5.41, 5.74) is 0.784. The van der Waals surface area contributed by atoms with Crippen LogP contribution in [0, 0.1) is 0 Å². The van der Waals surface area contributed by atoms with Crippen LogP contribution in [-0.2, 0) is 0 Å². The highest BCUT2D eigenvalue weighted by atomic mass is 35.5. The van der Waals surface area contributed by atoms with Crippen molar-refractivity contribution < 1.29 is 4.79 Å². The average Bonchev–Trinajstić information content (AvgIpc) is 2.47. The van der Waals surface area contributed by atoms with Crippen molar-refractivity contribution in [2.45, 2.75) is 19.8 Å². The second kappa shape index (κ2) is 7.96. The lowest BCUT2D eigenvalue weighted by Gasteiger charge is -2.08. The summed E-state index contributed by atoms with van der Waals surface area (Å²) in [6.07, 6.45) is 3.47. The molecule has 1 aromatic heterocycles. The second-order valence-corrected chi connectivity index (χ2v) is 5.55. The monoisotopic (exact) mass is 338 g/mol. The highest BCUT2D eigenvalue weighted by Crippen LogP contribution is 2.22. The number of nitrogens with one attached hydrogen (secondary N) is 2. The first-order valence-electron chi connectivity index (χ1n) is 6.92. The lowest BCUT2D eigenvalue weighted by atomic mass is 10.3. The number of unbranched alkanes of at least 4 members (excludes halogenated alkanes) is 1. The number of halogens is 2. The van der Waals surface area contributed by atoms with Gasteiger partial charge in [0.15, 0.2) is 0 Å². The standard InChI is InChI=1S/C15H16Cl2N4O/c1-2-3-4-18-14-8-13(19-9-20-14)15(22)21-12-6-10(16)5-11(17)7-12/h5-9H,2-4H2,1H3,(H,21,22)(H,18,19,20). The molecule has 0 aliphatic heterocycles. The molecule has 1 aromatic carbocycles. The fourth-order valence-electron chi connectivity index (χ4n) is 1.79. The lowest BCUT2D eigenvalue weighted by molar-refractivity contribution is 0.102. The summed E-state index contributed by atoms with van der Waals surface area (Å²) in [5, 5.41) is 6.76. The maximum Gasteiger partial charge on any atom is 0.274 e. The van der Waals surface area contributed by atoms with Gasteiger partial charge in [0.2, 0.25) is 0 Å². The Labute approximate surface area is 139 Å². The van der Waals surface area contributed by atoms with Gasteiger partial charge in [-0.25, -0.2) is 9.97 Å². The SMILES string of the molecule is CCCCNc1cc(C(=O)Nc2cc(Cl)cc(Cl)c2)ncn1. The zero-order chi connectivity index (χ0) is 15.9. The van der Waals surface area contributed by atoms with E-state index in [0.29, 0.717) is 21.6 Å². The fourth-order valence-corrected chi connectivity index (χ4v) is 2.32. The van der Waals surface area contributed by atoms with Crippen LogP contribution in [0.15, 0.2) is 30.6 Å². The van der Waals surface area contributed by atoms with Crippen molar-refractivity contribution in [3.8, 4) is 0 Å². The van der Waals surface area contributed by atoms with Crippen molar-refractivity contribution in [3.63, 3.8) is 0 Å². The van der Waals surface area contributed by atoms with Crippen molar-refractivity contribution in [1.29, 1.82) is 0 Å². The Morgan fingerprint density at radius 1 is 1.14 bits per heavy atom. The number of anilines is 2. The molecule has 0 radical (unpaired) electrons. The Kier molecular flexibility index (Phi) is 5.98. The van der Waals surface area contributed by atoms with Gasteiger partial charge in [0, 0.05) is 28.3 Å². The summed E-state index contributed by atoms with van der Waals surface area (Å²) in [4.78, 5) is 20.3. The number of hydrogen-bond donors (Lipinski definition) is 2. The highest BCUT2D eigenvalue weighted by Gasteiger charge is 2.10. The third-order valence-corrected chi connectivity index (χ3v) is 3.29. The minimum absolute atomic E-state index is 0.269. The van der Waals surface area contributed by atoms with Crippen molar-refractivity contribution in [2.75, 3.05) is 17.2 Å². The molecule has 2 aromatic rings. The molecule has 2 N–H and O–H groups in total. The zero-order valence-corrected chi connectivity index (χ0v) is 13.6. The van der Waals surface area contributed by atoms with Gasteiger partial charge in [-0.05, 0) is 24.6 Å². The Morgan fingerprint density at radius 3 is 2.55 bits per heavy atom. The van der Waals surface area contributed by atoms with Gasteiger partial charge in [-0.1, -0.05) is 36.5 Å². The maximum absolute atomic E-state index is 12.2. The van der Waals surface area contributed by atoms with Gasteiger partial charge in [-0.2, -0.15) is 0 Å². The average molecular weight is 339 g/mol. The molecule has 22 heavy (non-hydrogen) atoms. The molecule has 116 valence electrons. The molecule has 0 spiro atoms. The van der Waals surface area contributed by atoms with Crippen LogP contribution < -0.4 is 10.6 Å². The molecule has 7 heteroatoms. The number of nitrogens with zero attached hydrogens (tertiary/aromatic N) is 2. The molecule has 0 aliphatic rings. The molecule has 0 bridgehead atoms. The second-order valence-electron chi connectivity index (χ2n) is 4.68. The van der Waals surface area contributed by atoms with E-state index in [1.54, 1.807) is 24.3 Å². The largest absolute Gasteiger partial charge is 0.370 e. The van der Waals surface area contributed by atoms with Crippen molar-refractivity contribution in [1.82, 2.24) is 9.97 Å². The molecule has 0 atom stereocenters. The van der Waals surface area contributed by atoms with Crippen LogP contribution in [0.3, 0.4) is 0 Å². The first-order chi connectivity index (χ1) is 10.6. The summed E-state index contributed by atoms with van der Waals surface area (Å²) >= 11 is 11.8. The predicted octanol–water partition coefficient (Wildman–Crippen LogP) is 4.25. The number of amides is 1. The van der Waals surface area contributed by atoms with E-state index < -0.39 is 0 Å². The number of carbonyl (C=O) groups excluding carboxylic acids is 1. The first kappa shape index (κ1) is 16.5. The summed E-state index contributed by atoms with van der Waals surface area (Å²) in [6, 6.07) is 6.44. The molecule has 0 fully saturated rings. The lowest BCUT2D eigenvalue weighted by Crippen LogP contribution is -2.15. The van der Waals surface area contributed by atoms with Crippen LogP contribution >= 0.6 is 23.2 Å². The van der Waals surface area contributed by atoms with Crippen molar-refractivity contribution in [3.05, 3.63) is 46.3 Å². The van der Waals surface area contributed by atoms with Crippen LogP contribution in [-0.4, -0.2) is 22.4 Å². The molecule has 1 amide bonds. The first-order valence-corrected chi connectivity index (χ1v) is 7.67. The van der Waals surface area contributed by atoms with E-state index in [2.05, 4.69) is 27.5 Å². The molecule has 2 rings (SSSR count). The van der Waals surface area contributed by atoms with E-state index in [4.69, 9.17) is 23.2 Å². The van der Waals surface area contributed by atoms with E-state index in [0.717, 1.165) is 19.4 Å². The van der Waals surface area contributed by atoms with Crippen LogP contribution in [0.2, 0.25) is 10.0 Å². The molecule has 1 heterocycles. The Morgan fingerprint density at radius 2 is 1.86 bits per heavy atom. The van der Waals surface area contributed by atoms with Gasteiger partial charge < -0.3 is 10.6 Å². The number of rotatable bonds is 6. The van der Waals surface area contributed by atoms with Crippen molar-refractivity contribution in [2.24, 2.45) is 0 Å². The Hall–Kier alpha value is -1.85. The maximum atomic E-state index is 12.2. The number of carbonyl (C=O) groups is 1. The molecule has 0 unspecified atom stereocenters. The van der Waals surface area contributed by atoms with E-state index >= 15 is 0 Å². The van der Waals surface area contributed by atoms with Crippen LogP contribution in [0.25, 0.3) is 0 Å². The molecule has 0 saturated carbocycles. The Balaban J connectivity index is 2.07. The van der Waals surface area contributed by atoms with Gasteiger partial charge in [0.25, 0.3) is 5.91 Å². The highest BCUT2D eigenvalue weighted by molar-refractivity contribution is 6.35. The van der Waals surface area contributed by atoms with E-state index in [1.807, 2.05) is 0 Å². The van der Waals surface area contributed by atoms with Crippen LogP contribution in [0.5, 0.6) is 0 Å². The Bertz CT molecular complexity index is 643. The normalized spacial score (nSPS) is 10.3. The van der Waals surface area contributed by atoms with Gasteiger partial charge in [0.05, 0.1) is 0 Å². The predicted molar refractivity (Wildman–Crippen MR) is 89.8 cm³/mol. The van der Waals surface area contributed by atoms with E-state index in [-0.39, 0.29) is 11.6 Å². The van der Waals surface area contributed by atoms with Gasteiger partial charge in [-0.3, -0.25) is 4.79 Å².